The van der Waals surface area contributed by atoms with Gasteiger partial charge in [0.1, 0.15) is 17.2 Å². The third kappa shape index (κ3) is 7.89. The van der Waals surface area contributed by atoms with Crippen molar-refractivity contribution in [2.75, 3.05) is 0 Å². The SMILES string of the molecule is CC(C)(C)OC(=O)N[C@H](C=C(Br)Br)Cc1cc(F)cc(F)c1. The lowest BCUT2D eigenvalue weighted by atomic mass is 10.1. The Morgan fingerprint density at radius 1 is 1.27 bits per heavy atom. The number of hydrogen-bond acceptors (Lipinski definition) is 2. The number of ether oxygens (including phenoxy) is 1. The molecule has 0 aliphatic rings. The summed E-state index contributed by atoms with van der Waals surface area (Å²) in [5, 5.41) is 2.65. The Bertz CT molecular complexity index is 547. The second kappa shape index (κ2) is 8.06. The topological polar surface area (TPSA) is 38.3 Å². The van der Waals surface area contributed by atoms with E-state index in [0.717, 1.165) is 6.07 Å². The number of hydrogen-bond donors (Lipinski definition) is 1. The van der Waals surface area contributed by atoms with Gasteiger partial charge in [-0.15, -0.1) is 0 Å². The molecular formula is C15H17Br2F2NO2. The first kappa shape index (κ1) is 19.1. The van der Waals surface area contributed by atoms with Crippen LogP contribution in [0.4, 0.5) is 13.6 Å². The van der Waals surface area contributed by atoms with E-state index < -0.39 is 29.4 Å². The van der Waals surface area contributed by atoms with Crippen molar-refractivity contribution in [3.63, 3.8) is 0 Å². The highest BCUT2D eigenvalue weighted by Gasteiger charge is 2.19. The maximum absolute atomic E-state index is 13.2. The largest absolute Gasteiger partial charge is 0.444 e. The molecule has 0 aromatic heterocycles. The van der Waals surface area contributed by atoms with Crippen LogP contribution in [0.2, 0.25) is 0 Å². The molecule has 0 spiro atoms. The van der Waals surface area contributed by atoms with E-state index in [0.29, 0.717) is 8.96 Å². The summed E-state index contributed by atoms with van der Waals surface area (Å²) in [7, 11) is 0. The normalized spacial score (nSPS) is 12.5. The van der Waals surface area contributed by atoms with Crippen molar-refractivity contribution in [1.29, 1.82) is 0 Å². The number of halogens is 4. The molecule has 1 N–H and O–H groups in total. The highest BCUT2D eigenvalue weighted by atomic mass is 79.9. The molecular weight excluding hydrogens is 424 g/mol. The summed E-state index contributed by atoms with van der Waals surface area (Å²) in [4.78, 5) is 11.8. The monoisotopic (exact) mass is 439 g/mol. The molecule has 0 heterocycles. The second-order valence-electron chi connectivity index (χ2n) is 5.69. The Labute approximate surface area is 145 Å². The van der Waals surface area contributed by atoms with Gasteiger partial charge in [0.25, 0.3) is 0 Å². The van der Waals surface area contributed by atoms with Crippen molar-refractivity contribution in [3.8, 4) is 0 Å². The summed E-state index contributed by atoms with van der Waals surface area (Å²) < 4.78 is 32.3. The van der Waals surface area contributed by atoms with Crippen molar-refractivity contribution in [2.24, 2.45) is 0 Å². The zero-order chi connectivity index (χ0) is 16.9. The van der Waals surface area contributed by atoms with Gasteiger partial charge < -0.3 is 10.1 Å². The summed E-state index contributed by atoms with van der Waals surface area (Å²) >= 11 is 6.41. The molecule has 3 nitrogen and oxygen atoms in total. The predicted octanol–water partition coefficient (Wildman–Crippen LogP) is 5.03. The first-order valence-corrected chi connectivity index (χ1v) is 8.11. The molecule has 1 aromatic rings. The molecule has 1 atom stereocenters. The predicted molar refractivity (Wildman–Crippen MR) is 89.2 cm³/mol. The lowest BCUT2D eigenvalue weighted by molar-refractivity contribution is 0.0514. The molecule has 1 aromatic carbocycles. The first-order chi connectivity index (χ1) is 10.0. The van der Waals surface area contributed by atoms with Gasteiger partial charge in [-0.3, -0.25) is 0 Å². The van der Waals surface area contributed by atoms with Gasteiger partial charge in [0.15, 0.2) is 0 Å². The van der Waals surface area contributed by atoms with Crippen molar-refractivity contribution in [2.45, 2.75) is 38.8 Å². The molecule has 0 aliphatic carbocycles. The van der Waals surface area contributed by atoms with Crippen molar-refractivity contribution in [1.82, 2.24) is 5.32 Å². The van der Waals surface area contributed by atoms with E-state index in [1.54, 1.807) is 26.8 Å². The quantitative estimate of drug-likeness (QED) is 0.712. The van der Waals surface area contributed by atoms with E-state index in [1.807, 2.05) is 0 Å². The van der Waals surface area contributed by atoms with E-state index in [4.69, 9.17) is 4.74 Å². The van der Waals surface area contributed by atoms with Gasteiger partial charge in [-0.05, 0) is 82.8 Å². The summed E-state index contributed by atoms with van der Waals surface area (Å²) in [6.45, 7) is 5.25. The first-order valence-electron chi connectivity index (χ1n) is 6.52. The van der Waals surface area contributed by atoms with E-state index in [-0.39, 0.29) is 6.42 Å². The standard InChI is InChI=1S/C15H17Br2F2NO2/c1-15(2,3)22-14(21)20-12(8-13(16)17)6-9-4-10(18)7-11(19)5-9/h4-5,7-8,12H,6H2,1-3H3,(H,20,21)/t12-/m0/s1. The molecule has 122 valence electrons. The summed E-state index contributed by atoms with van der Waals surface area (Å²) in [6.07, 6.45) is 1.27. The Morgan fingerprint density at radius 2 is 1.82 bits per heavy atom. The Balaban J connectivity index is 2.85. The number of alkyl carbamates (subject to hydrolysis) is 1. The lowest BCUT2D eigenvalue weighted by Gasteiger charge is -2.22. The van der Waals surface area contributed by atoms with E-state index >= 15 is 0 Å². The summed E-state index contributed by atoms with van der Waals surface area (Å²) in [6, 6.07) is 2.76. The highest BCUT2D eigenvalue weighted by molar-refractivity contribution is 9.28. The van der Waals surface area contributed by atoms with Crippen LogP contribution >= 0.6 is 31.9 Å². The number of carbonyl (C=O) groups excluding carboxylic acids is 1. The van der Waals surface area contributed by atoms with Crippen LogP contribution in [0.25, 0.3) is 0 Å². The smallest absolute Gasteiger partial charge is 0.408 e. The van der Waals surface area contributed by atoms with Crippen molar-refractivity contribution < 1.29 is 18.3 Å². The zero-order valence-corrected chi connectivity index (χ0v) is 15.6. The maximum Gasteiger partial charge on any atom is 0.408 e. The number of benzene rings is 1. The van der Waals surface area contributed by atoms with Crippen molar-refractivity contribution >= 4 is 38.0 Å². The van der Waals surface area contributed by atoms with E-state index in [2.05, 4.69) is 37.2 Å². The van der Waals surface area contributed by atoms with Crippen LogP contribution in [0.15, 0.2) is 27.7 Å². The van der Waals surface area contributed by atoms with Crippen LogP contribution in [0.3, 0.4) is 0 Å². The number of carbonyl (C=O) groups is 1. The Morgan fingerprint density at radius 3 is 2.27 bits per heavy atom. The van der Waals surface area contributed by atoms with Crippen molar-refractivity contribution in [3.05, 3.63) is 44.9 Å². The third-order valence-electron chi connectivity index (χ3n) is 2.41. The second-order valence-corrected chi connectivity index (χ2v) is 8.46. The van der Waals surface area contributed by atoms with Crippen LogP contribution < -0.4 is 5.32 Å². The molecule has 0 saturated carbocycles. The minimum absolute atomic E-state index is 0.217. The fourth-order valence-corrected chi connectivity index (χ4v) is 2.38. The van der Waals surface area contributed by atoms with Crippen LogP contribution in [-0.2, 0) is 11.2 Å². The highest BCUT2D eigenvalue weighted by Crippen LogP contribution is 2.17. The average Bonchev–Trinajstić information content (AvgIpc) is 2.22. The molecule has 0 unspecified atom stereocenters. The molecule has 1 amide bonds. The molecule has 0 fully saturated rings. The molecule has 0 radical (unpaired) electrons. The van der Waals surface area contributed by atoms with Gasteiger partial charge in [0, 0.05) is 6.07 Å². The van der Waals surface area contributed by atoms with Gasteiger partial charge >= 0.3 is 6.09 Å². The van der Waals surface area contributed by atoms with E-state index in [1.165, 1.54) is 12.1 Å². The molecule has 0 bridgehead atoms. The van der Waals surface area contributed by atoms with Crippen LogP contribution in [0.1, 0.15) is 26.3 Å². The fourth-order valence-electron chi connectivity index (χ4n) is 1.75. The minimum atomic E-state index is -0.659. The van der Waals surface area contributed by atoms with Crippen LogP contribution in [0.5, 0.6) is 0 Å². The summed E-state index contributed by atoms with van der Waals surface area (Å²) in [5.41, 5.74) is -0.203. The number of amides is 1. The maximum atomic E-state index is 13.2. The third-order valence-corrected chi connectivity index (χ3v) is 2.94. The fraction of sp³-hybridized carbons (Fsp3) is 0.400. The van der Waals surface area contributed by atoms with Gasteiger partial charge in [-0.2, -0.15) is 0 Å². The molecule has 1 rings (SSSR count). The van der Waals surface area contributed by atoms with Gasteiger partial charge in [-0.25, -0.2) is 13.6 Å². The summed E-state index contributed by atoms with van der Waals surface area (Å²) in [5.74, 6) is -1.32. The number of rotatable bonds is 4. The molecule has 0 saturated heterocycles. The molecule has 0 aliphatic heterocycles. The molecule has 7 heteroatoms. The average molecular weight is 441 g/mol. The molecule has 22 heavy (non-hydrogen) atoms. The lowest BCUT2D eigenvalue weighted by Crippen LogP contribution is -2.39. The Kier molecular flexibility index (Phi) is 6.99. The van der Waals surface area contributed by atoms with Gasteiger partial charge in [-0.1, -0.05) is 0 Å². The van der Waals surface area contributed by atoms with Gasteiger partial charge in [0.2, 0.25) is 0 Å². The van der Waals surface area contributed by atoms with Gasteiger partial charge in [0.05, 0.1) is 9.43 Å². The zero-order valence-electron chi connectivity index (χ0n) is 12.4. The Hall–Kier alpha value is -0.950. The van der Waals surface area contributed by atoms with E-state index in [9.17, 15) is 13.6 Å². The number of nitrogens with one attached hydrogen (secondary N) is 1. The van der Waals surface area contributed by atoms with Crippen LogP contribution in [-0.4, -0.2) is 17.7 Å². The minimum Gasteiger partial charge on any atom is -0.444 e. The van der Waals surface area contributed by atoms with Crippen LogP contribution in [0, 0.1) is 11.6 Å².